The second-order valence-corrected chi connectivity index (χ2v) is 6.83. The average molecular weight is 424 g/mol. The van der Waals surface area contributed by atoms with Crippen molar-refractivity contribution < 1.29 is 23.7 Å². The Morgan fingerprint density at radius 2 is 2.07 bits per heavy atom. The van der Waals surface area contributed by atoms with Crippen LogP contribution in [0.4, 0.5) is 10.5 Å². The van der Waals surface area contributed by atoms with Crippen molar-refractivity contribution in [3.8, 4) is 0 Å². The quantitative estimate of drug-likeness (QED) is 0.736. The number of nitrogens with one attached hydrogen (secondary N) is 1. The van der Waals surface area contributed by atoms with Crippen LogP contribution in [0.25, 0.3) is 0 Å². The maximum Gasteiger partial charge on any atom is 0.446 e. The van der Waals surface area contributed by atoms with Gasteiger partial charge in [-0.15, -0.1) is 4.99 Å². The summed E-state index contributed by atoms with van der Waals surface area (Å²) in [5, 5.41) is 3.21. The summed E-state index contributed by atoms with van der Waals surface area (Å²) in [6.45, 7) is 1.68. The molecule has 2 aliphatic rings. The van der Waals surface area contributed by atoms with Crippen molar-refractivity contribution in [1.29, 1.82) is 0 Å². The van der Waals surface area contributed by atoms with Crippen LogP contribution in [-0.4, -0.2) is 59.6 Å². The van der Waals surface area contributed by atoms with E-state index < -0.39 is 30.3 Å². The molecule has 2 heterocycles. The van der Waals surface area contributed by atoms with Crippen LogP contribution < -0.4 is 5.32 Å². The molecule has 1 aromatic carbocycles. The molecule has 0 aromatic heterocycles. The number of anilines is 1. The van der Waals surface area contributed by atoms with Gasteiger partial charge < -0.3 is 10.1 Å². The predicted octanol–water partition coefficient (Wildman–Crippen LogP) is 2.56. The Morgan fingerprint density at radius 1 is 1.32 bits per heavy atom. The van der Waals surface area contributed by atoms with E-state index in [1.54, 1.807) is 19.1 Å². The molecule has 0 saturated heterocycles. The fourth-order valence-electron chi connectivity index (χ4n) is 2.89. The number of ether oxygens (including phenoxy) is 1. The SMILES string of the molecule is CCOC1=CC=NC2=[N+](C)C(=O)N(CC(=O)Nc3ccc(Cl)c(Cl)c3)C(=O)C12. The highest BCUT2D eigenvalue weighted by Gasteiger charge is 2.50. The van der Waals surface area contributed by atoms with E-state index in [2.05, 4.69) is 10.3 Å². The normalized spacial score (nSPS) is 18.8. The third kappa shape index (κ3) is 3.79. The number of urea groups is 1. The van der Waals surface area contributed by atoms with Gasteiger partial charge in [-0.1, -0.05) is 23.2 Å². The number of nitrogens with zero attached hydrogens (tertiary/aromatic N) is 3. The number of rotatable bonds is 5. The zero-order chi connectivity index (χ0) is 20.4. The van der Waals surface area contributed by atoms with Gasteiger partial charge in [0, 0.05) is 11.8 Å². The van der Waals surface area contributed by atoms with Gasteiger partial charge in [-0.2, -0.15) is 9.48 Å². The van der Waals surface area contributed by atoms with Crippen LogP contribution in [0.3, 0.4) is 0 Å². The Hall–Kier alpha value is -2.71. The highest BCUT2D eigenvalue weighted by atomic mass is 35.5. The minimum Gasteiger partial charge on any atom is -0.497 e. The molecular formula is C18H17Cl2N4O4+. The number of carbonyl (C=O) groups is 3. The van der Waals surface area contributed by atoms with Crippen molar-refractivity contribution in [3.63, 3.8) is 0 Å². The number of hydrogen-bond acceptors (Lipinski definition) is 5. The number of amidine groups is 1. The van der Waals surface area contributed by atoms with E-state index in [1.165, 1.54) is 30.0 Å². The molecule has 0 spiro atoms. The summed E-state index contributed by atoms with van der Waals surface area (Å²) in [5.41, 5.74) is 0.397. The van der Waals surface area contributed by atoms with E-state index in [0.717, 1.165) is 4.90 Å². The largest absolute Gasteiger partial charge is 0.497 e. The molecule has 4 amide bonds. The number of benzene rings is 1. The molecule has 10 heteroatoms. The number of allylic oxidation sites excluding steroid dienone is 1. The number of fused-ring (bicyclic) bond motifs is 1. The molecule has 0 radical (unpaired) electrons. The number of hydrogen-bond donors (Lipinski definition) is 1. The lowest BCUT2D eigenvalue weighted by atomic mass is 9.99. The van der Waals surface area contributed by atoms with E-state index in [0.29, 0.717) is 23.1 Å². The summed E-state index contributed by atoms with van der Waals surface area (Å²) in [6, 6.07) is 3.93. The minimum absolute atomic E-state index is 0.266. The van der Waals surface area contributed by atoms with Gasteiger partial charge in [0.2, 0.25) is 0 Å². The summed E-state index contributed by atoms with van der Waals surface area (Å²) in [5.74, 6) is -1.35. The fourth-order valence-corrected chi connectivity index (χ4v) is 3.19. The van der Waals surface area contributed by atoms with Crippen LogP contribution in [0.5, 0.6) is 0 Å². The summed E-state index contributed by atoms with van der Waals surface area (Å²) < 4.78 is 6.75. The van der Waals surface area contributed by atoms with Crippen molar-refractivity contribution in [1.82, 2.24) is 4.90 Å². The van der Waals surface area contributed by atoms with E-state index in [9.17, 15) is 14.4 Å². The molecule has 1 atom stereocenters. The van der Waals surface area contributed by atoms with Gasteiger partial charge in [0.1, 0.15) is 12.0 Å². The van der Waals surface area contributed by atoms with Crippen LogP contribution in [0.15, 0.2) is 35.0 Å². The van der Waals surface area contributed by atoms with Gasteiger partial charge in [-0.3, -0.25) is 9.59 Å². The molecule has 0 bridgehead atoms. The van der Waals surface area contributed by atoms with Crippen LogP contribution in [0.1, 0.15) is 6.92 Å². The first-order chi connectivity index (χ1) is 13.3. The minimum atomic E-state index is -0.870. The van der Waals surface area contributed by atoms with Crippen LogP contribution in [0.2, 0.25) is 10.0 Å². The van der Waals surface area contributed by atoms with Gasteiger partial charge in [0.05, 0.1) is 23.7 Å². The molecular weight excluding hydrogens is 407 g/mol. The van der Waals surface area contributed by atoms with E-state index in [4.69, 9.17) is 27.9 Å². The summed E-state index contributed by atoms with van der Waals surface area (Å²) in [7, 11) is 1.49. The standard InChI is InChI=1S/C18H16Cl2N4O4/c1-3-28-13-6-7-21-16-15(13)17(26)24(18(27)23(16)2)9-14(25)22-10-4-5-11(19)12(20)8-10/h4-8,15H,3,9H2,1-2H3/p+1. The lowest BCUT2D eigenvalue weighted by Gasteiger charge is -2.28. The molecule has 3 rings (SSSR count). The smallest absolute Gasteiger partial charge is 0.446 e. The lowest BCUT2D eigenvalue weighted by Crippen LogP contribution is -2.56. The molecule has 1 unspecified atom stereocenters. The monoisotopic (exact) mass is 423 g/mol. The first kappa shape index (κ1) is 20.0. The van der Waals surface area contributed by atoms with Crippen molar-refractivity contribution in [2.24, 2.45) is 10.9 Å². The summed E-state index contributed by atoms with van der Waals surface area (Å²) in [6.07, 6.45) is 3.05. The van der Waals surface area contributed by atoms with Gasteiger partial charge in [0.25, 0.3) is 11.7 Å². The van der Waals surface area contributed by atoms with E-state index in [-0.39, 0.29) is 10.9 Å². The maximum atomic E-state index is 12.9. The van der Waals surface area contributed by atoms with Crippen molar-refractivity contribution in [2.75, 3.05) is 25.5 Å². The number of amides is 4. The molecule has 146 valence electrons. The Bertz CT molecular complexity index is 955. The molecule has 0 aliphatic carbocycles. The molecule has 0 saturated carbocycles. The van der Waals surface area contributed by atoms with Crippen molar-refractivity contribution in [2.45, 2.75) is 6.92 Å². The van der Waals surface area contributed by atoms with E-state index >= 15 is 0 Å². The molecule has 0 fully saturated rings. The second-order valence-electron chi connectivity index (χ2n) is 6.01. The Balaban J connectivity index is 1.81. The van der Waals surface area contributed by atoms with Gasteiger partial charge in [0.15, 0.2) is 12.5 Å². The van der Waals surface area contributed by atoms with Crippen LogP contribution in [-0.2, 0) is 14.3 Å². The molecule has 1 aromatic rings. The van der Waals surface area contributed by atoms with Gasteiger partial charge in [-0.05, 0) is 25.1 Å². The molecule has 8 nitrogen and oxygen atoms in total. The topological polar surface area (TPSA) is 91.1 Å². The number of imide groups is 1. The van der Waals surface area contributed by atoms with Gasteiger partial charge >= 0.3 is 11.9 Å². The van der Waals surface area contributed by atoms with Crippen LogP contribution >= 0.6 is 23.2 Å². The summed E-state index contributed by atoms with van der Waals surface area (Å²) >= 11 is 11.8. The van der Waals surface area contributed by atoms with Crippen molar-refractivity contribution >= 4 is 58.8 Å². The third-order valence-corrected chi connectivity index (χ3v) is 4.92. The van der Waals surface area contributed by atoms with Crippen molar-refractivity contribution in [3.05, 3.63) is 40.1 Å². The van der Waals surface area contributed by atoms with Crippen LogP contribution in [0, 0.1) is 5.92 Å². The summed E-state index contributed by atoms with van der Waals surface area (Å²) in [4.78, 5) is 42.9. The zero-order valence-corrected chi connectivity index (χ0v) is 16.6. The highest BCUT2D eigenvalue weighted by molar-refractivity contribution is 6.42. The third-order valence-electron chi connectivity index (χ3n) is 4.18. The maximum absolute atomic E-state index is 12.9. The number of dihydropyridines is 1. The molecule has 2 aliphatic heterocycles. The first-order valence-corrected chi connectivity index (χ1v) is 9.17. The predicted molar refractivity (Wildman–Crippen MR) is 105 cm³/mol. The Kier molecular flexibility index (Phi) is 5.81. The Labute approximate surface area is 171 Å². The fraction of sp³-hybridized carbons (Fsp3) is 0.278. The highest BCUT2D eigenvalue weighted by Crippen LogP contribution is 2.26. The Morgan fingerprint density at radius 3 is 2.75 bits per heavy atom. The molecule has 28 heavy (non-hydrogen) atoms. The lowest BCUT2D eigenvalue weighted by molar-refractivity contribution is -0.408. The second kappa shape index (κ2) is 8.12. The van der Waals surface area contributed by atoms with E-state index in [1.807, 2.05) is 0 Å². The first-order valence-electron chi connectivity index (χ1n) is 8.41. The van der Waals surface area contributed by atoms with Gasteiger partial charge in [-0.25, -0.2) is 4.79 Å². The number of carbonyl (C=O) groups excluding carboxylic acids is 3. The average Bonchev–Trinajstić information content (AvgIpc) is 2.66. The molecule has 1 N–H and O–H groups in total. The zero-order valence-electron chi connectivity index (χ0n) is 15.1. The number of aliphatic imine (C=N–C) groups is 1. The number of halogens is 2.